The van der Waals surface area contributed by atoms with E-state index in [1.54, 1.807) is 50.5 Å². The number of carbonyl (C=O) groups is 2. The number of amides is 1. The monoisotopic (exact) mass is 376 g/mol. The molecule has 0 saturated carbocycles. The second kappa shape index (κ2) is 8.85. The molecule has 1 amide bonds. The van der Waals surface area contributed by atoms with Gasteiger partial charge < -0.3 is 10.1 Å². The summed E-state index contributed by atoms with van der Waals surface area (Å²) in [7, 11) is 0. The summed E-state index contributed by atoms with van der Waals surface area (Å²) in [6.45, 7) is 3.55. The number of carbonyl (C=O) groups excluding carboxylic acids is 2. The van der Waals surface area contributed by atoms with Crippen LogP contribution in [-0.2, 0) is 9.53 Å². The molecule has 0 aliphatic rings. The molecule has 0 spiro atoms. The SMILES string of the molecule is CCOC(=O)C(C)NC(=O)c1cc(-c2ccccn2)nc(-c2ccccn2)c1. The van der Waals surface area contributed by atoms with E-state index in [4.69, 9.17) is 4.74 Å². The van der Waals surface area contributed by atoms with E-state index in [1.165, 1.54) is 0 Å². The van der Waals surface area contributed by atoms with Gasteiger partial charge >= 0.3 is 5.97 Å². The van der Waals surface area contributed by atoms with E-state index in [2.05, 4.69) is 20.3 Å². The van der Waals surface area contributed by atoms with E-state index in [0.29, 0.717) is 28.3 Å². The normalized spacial score (nSPS) is 11.5. The quantitative estimate of drug-likeness (QED) is 0.665. The van der Waals surface area contributed by atoms with Crippen molar-refractivity contribution in [3.05, 3.63) is 66.5 Å². The lowest BCUT2D eigenvalue weighted by atomic mass is 10.1. The highest BCUT2D eigenvalue weighted by Crippen LogP contribution is 2.22. The van der Waals surface area contributed by atoms with Crippen LogP contribution in [0.5, 0.6) is 0 Å². The summed E-state index contributed by atoms with van der Waals surface area (Å²) in [5, 5.41) is 2.66. The molecule has 3 heterocycles. The lowest BCUT2D eigenvalue weighted by Gasteiger charge is -2.14. The highest BCUT2D eigenvalue weighted by Gasteiger charge is 2.19. The minimum atomic E-state index is -0.766. The van der Waals surface area contributed by atoms with Gasteiger partial charge in [-0.15, -0.1) is 0 Å². The topological polar surface area (TPSA) is 94.1 Å². The summed E-state index contributed by atoms with van der Waals surface area (Å²) in [6.07, 6.45) is 3.32. The van der Waals surface area contributed by atoms with Crippen molar-refractivity contribution in [1.29, 1.82) is 0 Å². The number of pyridine rings is 3. The van der Waals surface area contributed by atoms with Gasteiger partial charge in [-0.25, -0.2) is 9.78 Å². The molecule has 0 radical (unpaired) electrons. The summed E-state index contributed by atoms with van der Waals surface area (Å²) in [4.78, 5) is 37.8. The van der Waals surface area contributed by atoms with Gasteiger partial charge in [0.1, 0.15) is 6.04 Å². The van der Waals surface area contributed by atoms with Crippen molar-refractivity contribution >= 4 is 11.9 Å². The molecular formula is C21H20N4O3. The van der Waals surface area contributed by atoms with Crippen molar-refractivity contribution in [3.8, 4) is 22.8 Å². The van der Waals surface area contributed by atoms with Crippen LogP contribution in [0.2, 0.25) is 0 Å². The van der Waals surface area contributed by atoms with Crippen LogP contribution in [0.15, 0.2) is 60.9 Å². The maximum absolute atomic E-state index is 12.7. The zero-order chi connectivity index (χ0) is 19.9. The number of hydrogen-bond donors (Lipinski definition) is 1. The molecule has 0 bridgehead atoms. The third-order valence-electron chi connectivity index (χ3n) is 3.93. The van der Waals surface area contributed by atoms with Gasteiger partial charge in [0.15, 0.2) is 0 Å². The van der Waals surface area contributed by atoms with Crippen LogP contribution in [0, 0.1) is 0 Å². The highest BCUT2D eigenvalue weighted by molar-refractivity contribution is 5.98. The fourth-order valence-corrected chi connectivity index (χ4v) is 2.56. The number of hydrogen-bond acceptors (Lipinski definition) is 6. The van der Waals surface area contributed by atoms with E-state index in [-0.39, 0.29) is 6.61 Å². The molecule has 7 nitrogen and oxygen atoms in total. The molecule has 3 rings (SSSR count). The minimum Gasteiger partial charge on any atom is -0.464 e. The smallest absolute Gasteiger partial charge is 0.328 e. The molecule has 142 valence electrons. The first-order valence-corrected chi connectivity index (χ1v) is 8.91. The number of ether oxygens (including phenoxy) is 1. The van der Waals surface area contributed by atoms with Gasteiger partial charge in [0, 0.05) is 18.0 Å². The van der Waals surface area contributed by atoms with E-state index in [0.717, 1.165) is 0 Å². The lowest BCUT2D eigenvalue weighted by Crippen LogP contribution is -2.39. The average molecular weight is 376 g/mol. The summed E-state index contributed by atoms with van der Waals surface area (Å²) >= 11 is 0. The molecule has 28 heavy (non-hydrogen) atoms. The zero-order valence-electron chi connectivity index (χ0n) is 15.6. The predicted octanol–water partition coefficient (Wildman–Crippen LogP) is 2.89. The molecule has 3 aromatic rings. The Labute approximate surface area is 162 Å². The third kappa shape index (κ3) is 4.56. The minimum absolute atomic E-state index is 0.252. The Morgan fingerprint density at radius 2 is 1.54 bits per heavy atom. The summed E-state index contributed by atoms with van der Waals surface area (Å²) in [6, 6.07) is 13.4. The second-order valence-corrected chi connectivity index (χ2v) is 6.00. The fourth-order valence-electron chi connectivity index (χ4n) is 2.56. The Kier molecular flexibility index (Phi) is 6.06. The van der Waals surface area contributed by atoms with Crippen molar-refractivity contribution in [1.82, 2.24) is 20.3 Å². The van der Waals surface area contributed by atoms with Crippen LogP contribution < -0.4 is 5.32 Å². The van der Waals surface area contributed by atoms with Crippen LogP contribution in [0.4, 0.5) is 0 Å². The Hall–Kier alpha value is -3.61. The van der Waals surface area contributed by atoms with E-state index in [9.17, 15) is 9.59 Å². The van der Waals surface area contributed by atoms with Gasteiger partial charge in [0.05, 0.1) is 29.4 Å². The molecule has 0 saturated heterocycles. The van der Waals surface area contributed by atoms with Crippen molar-refractivity contribution in [2.24, 2.45) is 0 Å². The Balaban J connectivity index is 1.98. The van der Waals surface area contributed by atoms with Crippen molar-refractivity contribution in [2.75, 3.05) is 6.61 Å². The molecule has 0 aliphatic heterocycles. The van der Waals surface area contributed by atoms with Crippen molar-refractivity contribution in [2.45, 2.75) is 19.9 Å². The number of esters is 1. The Bertz CT molecular complexity index is 904. The predicted molar refractivity (Wildman–Crippen MR) is 104 cm³/mol. The van der Waals surface area contributed by atoms with Gasteiger partial charge in [-0.3, -0.25) is 14.8 Å². The van der Waals surface area contributed by atoms with Gasteiger partial charge in [-0.05, 0) is 50.2 Å². The largest absolute Gasteiger partial charge is 0.464 e. The van der Waals surface area contributed by atoms with Crippen molar-refractivity contribution < 1.29 is 14.3 Å². The van der Waals surface area contributed by atoms with E-state index >= 15 is 0 Å². The van der Waals surface area contributed by atoms with Gasteiger partial charge in [-0.2, -0.15) is 0 Å². The summed E-state index contributed by atoms with van der Waals surface area (Å²) < 4.78 is 4.94. The van der Waals surface area contributed by atoms with E-state index < -0.39 is 17.9 Å². The molecule has 0 aromatic carbocycles. The molecule has 0 aliphatic carbocycles. The number of nitrogens with zero attached hydrogens (tertiary/aromatic N) is 3. The first-order chi connectivity index (χ1) is 13.6. The van der Waals surface area contributed by atoms with Crippen LogP contribution in [0.25, 0.3) is 22.8 Å². The molecule has 1 N–H and O–H groups in total. The summed E-state index contributed by atoms with van der Waals surface area (Å²) in [5.74, 6) is -0.892. The van der Waals surface area contributed by atoms with E-state index in [1.807, 2.05) is 24.3 Å². The van der Waals surface area contributed by atoms with Gasteiger partial charge in [0.2, 0.25) is 0 Å². The molecular weight excluding hydrogens is 356 g/mol. The third-order valence-corrected chi connectivity index (χ3v) is 3.93. The lowest BCUT2D eigenvalue weighted by molar-refractivity contribution is -0.144. The number of rotatable bonds is 6. The Morgan fingerprint density at radius 3 is 2.00 bits per heavy atom. The highest BCUT2D eigenvalue weighted by atomic mass is 16.5. The maximum atomic E-state index is 12.7. The fraction of sp³-hybridized carbons (Fsp3) is 0.190. The first-order valence-electron chi connectivity index (χ1n) is 8.91. The number of nitrogens with one attached hydrogen (secondary N) is 1. The maximum Gasteiger partial charge on any atom is 0.328 e. The zero-order valence-corrected chi connectivity index (χ0v) is 15.6. The van der Waals surface area contributed by atoms with Crippen LogP contribution in [0.3, 0.4) is 0 Å². The standard InChI is InChI=1S/C21H20N4O3/c1-3-28-21(27)14(2)24-20(26)15-12-18(16-8-4-6-10-22-16)25-19(13-15)17-9-5-7-11-23-17/h4-14H,3H2,1-2H3,(H,24,26). The van der Waals surface area contributed by atoms with Crippen LogP contribution >= 0.6 is 0 Å². The molecule has 3 aromatic heterocycles. The molecule has 1 unspecified atom stereocenters. The molecule has 0 fully saturated rings. The van der Waals surface area contributed by atoms with Gasteiger partial charge in [0.25, 0.3) is 5.91 Å². The van der Waals surface area contributed by atoms with Crippen LogP contribution in [-0.4, -0.2) is 39.5 Å². The van der Waals surface area contributed by atoms with Crippen molar-refractivity contribution in [3.63, 3.8) is 0 Å². The van der Waals surface area contributed by atoms with Crippen LogP contribution in [0.1, 0.15) is 24.2 Å². The van der Waals surface area contributed by atoms with Gasteiger partial charge in [-0.1, -0.05) is 12.1 Å². The first kappa shape index (κ1) is 19.2. The molecule has 7 heteroatoms. The molecule has 1 atom stereocenters. The Morgan fingerprint density at radius 1 is 0.964 bits per heavy atom. The second-order valence-electron chi connectivity index (χ2n) is 6.00. The number of aromatic nitrogens is 3. The summed E-state index contributed by atoms with van der Waals surface area (Å²) in [5.41, 5.74) is 2.70. The average Bonchev–Trinajstić information content (AvgIpc) is 2.74.